The van der Waals surface area contributed by atoms with Crippen molar-refractivity contribution in [1.82, 2.24) is 4.98 Å². The first kappa shape index (κ1) is 11.6. The van der Waals surface area contributed by atoms with Crippen molar-refractivity contribution in [3.63, 3.8) is 0 Å². The summed E-state index contributed by atoms with van der Waals surface area (Å²) in [4.78, 5) is 8.13. The Labute approximate surface area is 90.5 Å². The van der Waals surface area contributed by atoms with E-state index in [1.807, 2.05) is 37.7 Å². The maximum atomic E-state index is 11.5. The molecule has 1 aromatic rings. The SMILES string of the molecule is CCN(CC)c1nc(N(C)C)cc[n+]1[O-]. The summed E-state index contributed by atoms with van der Waals surface area (Å²) in [5, 5.41) is 11.5. The molecule has 0 amide bonds. The van der Waals surface area contributed by atoms with Crippen molar-refractivity contribution < 1.29 is 4.73 Å². The maximum Gasteiger partial charge on any atom is 0.396 e. The highest BCUT2D eigenvalue weighted by molar-refractivity contribution is 5.39. The molecule has 5 nitrogen and oxygen atoms in total. The van der Waals surface area contributed by atoms with Gasteiger partial charge in [-0.2, -0.15) is 0 Å². The molecule has 0 bridgehead atoms. The molecule has 5 heteroatoms. The average Bonchev–Trinajstić information content (AvgIpc) is 2.22. The minimum atomic E-state index is 0.464. The molecule has 0 saturated carbocycles. The summed E-state index contributed by atoms with van der Waals surface area (Å²) in [6.07, 6.45) is 1.50. The molecule has 0 spiro atoms. The summed E-state index contributed by atoms with van der Waals surface area (Å²) in [6.45, 7) is 5.58. The van der Waals surface area contributed by atoms with Gasteiger partial charge in [-0.15, -0.1) is 0 Å². The van der Waals surface area contributed by atoms with E-state index in [0.717, 1.165) is 23.6 Å². The average molecular weight is 210 g/mol. The van der Waals surface area contributed by atoms with Crippen molar-refractivity contribution in [2.75, 3.05) is 37.0 Å². The van der Waals surface area contributed by atoms with Crippen molar-refractivity contribution in [1.29, 1.82) is 0 Å². The first-order valence-corrected chi connectivity index (χ1v) is 5.12. The lowest BCUT2D eigenvalue weighted by molar-refractivity contribution is -0.595. The fourth-order valence-electron chi connectivity index (χ4n) is 1.36. The Balaban J connectivity index is 3.09. The minimum Gasteiger partial charge on any atom is -0.740 e. The number of hydrogen-bond donors (Lipinski definition) is 0. The van der Waals surface area contributed by atoms with Crippen molar-refractivity contribution in [2.24, 2.45) is 0 Å². The van der Waals surface area contributed by atoms with Gasteiger partial charge in [-0.3, -0.25) is 4.90 Å². The zero-order chi connectivity index (χ0) is 11.4. The van der Waals surface area contributed by atoms with Gasteiger partial charge in [0.05, 0.1) is 19.3 Å². The summed E-state index contributed by atoms with van der Waals surface area (Å²) in [7, 11) is 3.81. The molecule has 0 aliphatic carbocycles. The molecule has 0 aliphatic heterocycles. The first-order valence-electron chi connectivity index (χ1n) is 5.12. The second-order valence-electron chi connectivity index (χ2n) is 3.48. The van der Waals surface area contributed by atoms with E-state index in [0.29, 0.717) is 5.95 Å². The third-order valence-corrected chi connectivity index (χ3v) is 2.28. The highest BCUT2D eigenvalue weighted by Crippen LogP contribution is 2.10. The number of hydrogen-bond acceptors (Lipinski definition) is 4. The van der Waals surface area contributed by atoms with Crippen LogP contribution in [0, 0.1) is 5.21 Å². The van der Waals surface area contributed by atoms with Crippen molar-refractivity contribution >= 4 is 11.8 Å². The van der Waals surface area contributed by atoms with Crippen LogP contribution in [-0.2, 0) is 0 Å². The van der Waals surface area contributed by atoms with Gasteiger partial charge in [0.2, 0.25) is 5.82 Å². The second kappa shape index (κ2) is 4.82. The van der Waals surface area contributed by atoms with Crippen LogP contribution >= 0.6 is 0 Å². The summed E-state index contributed by atoms with van der Waals surface area (Å²) >= 11 is 0. The van der Waals surface area contributed by atoms with Crippen LogP contribution in [0.4, 0.5) is 11.8 Å². The van der Waals surface area contributed by atoms with Gasteiger partial charge in [-0.1, -0.05) is 4.98 Å². The Morgan fingerprint density at radius 3 is 2.40 bits per heavy atom. The lowest BCUT2D eigenvalue weighted by Crippen LogP contribution is -2.39. The fourth-order valence-corrected chi connectivity index (χ4v) is 1.36. The topological polar surface area (TPSA) is 46.3 Å². The summed E-state index contributed by atoms with van der Waals surface area (Å²) in [6, 6.07) is 1.71. The molecule has 0 aliphatic rings. The Kier molecular flexibility index (Phi) is 3.71. The molecule has 84 valence electrons. The quantitative estimate of drug-likeness (QED) is 0.540. The van der Waals surface area contributed by atoms with E-state index >= 15 is 0 Å². The van der Waals surface area contributed by atoms with Gasteiger partial charge >= 0.3 is 5.95 Å². The van der Waals surface area contributed by atoms with E-state index in [9.17, 15) is 5.21 Å². The van der Waals surface area contributed by atoms with Crippen LogP contribution in [0.5, 0.6) is 0 Å². The predicted molar refractivity (Wildman–Crippen MR) is 61.1 cm³/mol. The number of rotatable bonds is 4. The number of nitrogens with zero attached hydrogens (tertiary/aromatic N) is 4. The van der Waals surface area contributed by atoms with Crippen LogP contribution in [0.1, 0.15) is 13.8 Å². The molecule has 0 radical (unpaired) electrons. The van der Waals surface area contributed by atoms with Crippen LogP contribution in [0.25, 0.3) is 0 Å². The van der Waals surface area contributed by atoms with E-state index in [4.69, 9.17) is 0 Å². The molecule has 0 N–H and O–H groups in total. The Morgan fingerprint density at radius 1 is 1.33 bits per heavy atom. The highest BCUT2D eigenvalue weighted by atomic mass is 16.5. The molecule has 0 saturated heterocycles. The predicted octanol–water partition coefficient (Wildman–Crippen LogP) is 0.627. The Morgan fingerprint density at radius 2 is 1.93 bits per heavy atom. The van der Waals surface area contributed by atoms with Crippen molar-refractivity contribution in [3.8, 4) is 0 Å². The molecular weight excluding hydrogens is 192 g/mol. The minimum absolute atomic E-state index is 0.464. The molecule has 0 fully saturated rings. The summed E-state index contributed by atoms with van der Waals surface area (Å²) < 4.78 is 0.806. The van der Waals surface area contributed by atoms with Crippen molar-refractivity contribution in [3.05, 3.63) is 17.5 Å². The van der Waals surface area contributed by atoms with Gasteiger partial charge < -0.3 is 10.1 Å². The van der Waals surface area contributed by atoms with E-state index in [1.54, 1.807) is 6.07 Å². The lowest BCUT2D eigenvalue weighted by atomic mass is 10.5. The molecule has 1 aromatic heterocycles. The Hall–Kier alpha value is -1.52. The van der Waals surface area contributed by atoms with Crippen LogP contribution in [0.15, 0.2) is 12.3 Å². The molecule has 1 rings (SSSR count). The van der Waals surface area contributed by atoms with Gasteiger partial charge in [0.15, 0.2) is 0 Å². The largest absolute Gasteiger partial charge is 0.740 e. The van der Waals surface area contributed by atoms with Crippen LogP contribution in [0.2, 0.25) is 0 Å². The monoisotopic (exact) mass is 210 g/mol. The molecule has 0 atom stereocenters. The van der Waals surface area contributed by atoms with Gasteiger partial charge in [0.1, 0.15) is 0 Å². The third kappa shape index (κ3) is 2.49. The molecule has 1 heterocycles. The highest BCUT2D eigenvalue weighted by Gasteiger charge is 2.16. The summed E-state index contributed by atoms with van der Waals surface area (Å²) in [5.41, 5.74) is 0. The van der Waals surface area contributed by atoms with Crippen LogP contribution in [-0.4, -0.2) is 32.2 Å². The molecule has 0 aromatic carbocycles. The second-order valence-corrected chi connectivity index (χ2v) is 3.48. The van der Waals surface area contributed by atoms with Crippen LogP contribution < -0.4 is 14.5 Å². The van der Waals surface area contributed by atoms with E-state index < -0.39 is 0 Å². The first-order chi connectivity index (χ1) is 7.10. The molecular formula is C10H18N4O. The van der Waals surface area contributed by atoms with Gasteiger partial charge in [0, 0.05) is 20.2 Å². The molecule has 15 heavy (non-hydrogen) atoms. The van der Waals surface area contributed by atoms with Crippen molar-refractivity contribution in [2.45, 2.75) is 13.8 Å². The zero-order valence-electron chi connectivity index (χ0n) is 9.77. The fraction of sp³-hybridized carbons (Fsp3) is 0.600. The smallest absolute Gasteiger partial charge is 0.396 e. The van der Waals surface area contributed by atoms with Gasteiger partial charge in [-0.25, -0.2) is 4.73 Å². The van der Waals surface area contributed by atoms with E-state index in [1.165, 1.54) is 6.20 Å². The maximum absolute atomic E-state index is 11.5. The Bertz CT molecular complexity index is 323. The standard InChI is InChI=1S/C10H18N4O/c1-5-13(6-2)10-11-9(12(3)4)7-8-14(10)15/h7-8H,5-6H2,1-4H3. The third-order valence-electron chi connectivity index (χ3n) is 2.28. The number of anilines is 2. The van der Waals surface area contributed by atoms with E-state index in [2.05, 4.69) is 4.98 Å². The van der Waals surface area contributed by atoms with Crippen LogP contribution in [0.3, 0.4) is 0 Å². The summed E-state index contributed by atoms with van der Waals surface area (Å²) in [5.74, 6) is 1.26. The number of aromatic nitrogens is 2. The normalized spacial score (nSPS) is 10.1. The van der Waals surface area contributed by atoms with Gasteiger partial charge in [-0.05, 0) is 13.8 Å². The lowest BCUT2D eigenvalue weighted by Gasteiger charge is -2.18. The van der Waals surface area contributed by atoms with Gasteiger partial charge in [0.25, 0.3) is 0 Å². The van der Waals surface area contributed by atoms with E-state index in [-0.39, 0.29) is 0 Å². The molecule has 0 unspecified atom stereocenters. The zero-order valence-corrected chi connectivity index (χ0v) is 9.77.